The molecule has 0 unspecified atom stereocenters. The summed E-state index contributed by atoms with van der Waals surface area (Å²) in [4.78, 5) is 1.83. The van der Waals surface area contributed by atoms with E-state index in [4.69, 9.17) is 10.9 Å². The van der Waals surface area contributed by atoms with Crippen LogP contribution in [0.3, 0.4) is 0 Å². The highest BCUT2D eigenvalue weighted by atomic mass is 16.4. The maximum atomic E-state index is 8.65. The fraction of sp³-hybridized carbons (Fsp3) is 0.364. The number of benzene rings is 1. The predicted molar refractivity (Wildman–Crippen MR) is 60.5 cm³/mol. The summed E-state index contributed by atoms with van der Waals surface area (Å²) >= 11 is 0. The molecule has 0 saturated carbocycles. The first kappa shape index (κ1) is 11.4. The quantitative estimate of drug-likeness (QED) is 0.342. The molecule has 0 fully saturated rings. The lowest BCUT2D eigenvalue weighted by Crippen LogP contribution is -2.41. The molecule has 4 nitrogen and oxygen atoms in total. The second-order valence-corrected chi connectivity index (χ2v) is 3.67. The molecule has 0 spiro atoms. The Balaban J connectivity index is 2.76. The fourth-order valence-electron chi connectivity index (χ4n) is 1.37. The average Bonchev–Trinajstić information content (AvgIpc) is 2.26. The Kier molecular flexibility index (Phi) is 3.97. The molecule has 4 heteroatoms. The molecule has 0 atom stereocenters. The number of oxime groups is 1. The monoisotopic (exact) mass is 207 g/mol. The molecule has 15 heavy (non-hydrogen) atoms. The van der Waals surface area contributed by atoms with Crippen LogP contribution in [0.1, 0.15) is 19.4 Å². The van der Waals surface area contributed by atoms with Crippen LogP contribution in [-0.2, 0) is 6.54 Å². The first-order chi connectivity index (χ1) is 7.15. The van der Waals surface area contributed by atoms with Crippen molar-refractivity contribution in [1.82, 2.24) is 4.90 Å². The van der Waals surface area contributed by atoms with Crippen molar-refractivity contribution in [2.75, 3.05) is 0 Å². The van der Waals surface area contributed by atoms with E-state index in [-0.39, 0.29) is 12.0 Å². The Bertz CT molecular complexity index is 322. The fourth-order valence-corrected chi connectivity index (χ4v) is 1.37. The van der Waals surface area contributed by atoms with Crippen molar-refractivity contribution in [1.29, 1.82) is 0 Å². The molecule has 0 aliphatic carbocycles. The van der Waals surface area contributed by atoms with E-state index in [1.54, 1.807) is 0 Å². The van der Waals surface area contributed by atoms with E-state index in [0.29, 0.717) is 6.54 Å². The van der Waals surface area contributed by atoms with Gasteiger partial charge in [-0.25, -0.2) is 0 Å². The van der Waals surface area contributed by atoms with Crippen LogP contribution in [0.5, 0.6) is 0 Å². The summed E-state index contributed by atoms with van der Waals surface area (Å²) in [5.74, 6) is 0.147. The van der Waals surface area contributed by atoms with Crippen LogP contribution in [0.15, 0.2) is 35.5 Å². The summed E-state index contributed by atoms with van der Waals surface area (Å²) in [6.45, 7) is 4.65. The van der Waals surface area contributed by atoms with Crippen LogP contribution >= 0.6 is 0 Å². The highest BCUT2D eigenvalue weighted by Gasteiger charge is 2.12. The van der Waals surface area contributed by atoms with E-state index in [1.165, 1.54) is 0 Å². The van der Waals surface area contributed by atoms with Gasteiger partial charge in [-0.2, -0.15) is 0 Å². The Hall–Kier alpha value is -1.71. The van der Waals surface area contributed by atoms with Crippen molar-refractivity contribution in [2.45, 2.75) is 26.4 Å². The molecule has 0 bridgehead atoms. The SMILES string of the molecule is CC(C)N(Cc1ccccc1)/C(N)=N/O. The van der Waals surface area contributed by atoms with Crippen LogP contribution < -0.4 is 5.73 Å². The smallest absolute Gasteiger partial charge is 0.233 e. The molecule has 0 aliphatic rings. The summed E-state index contributed by atoms with van der Waals surface area (Å²) in [6, 6.07) is 10.1. The summed E-state index contributed by atoms with van der Waals surface area (Å²) in [7, 11) is 0. The Morgan fingerprint density at radius 2 is 2.00 bits per heavy atom. The minimum absolute atomic E-state index is 0.147. The molecule has 0 saturated heterocycles. The molecule has 0 aliphatic heterocycles. The largest absolute Gasteiger partial charge is 0.408 e. The second kappa shape index (κ2) is 5.24. The standard InChI is InChI=1S/C11H17N3O/c1-9(2)14(11(12)13-15)8-10-6-4-3-5-7-10/h3-7,9,15H,8H2,1-2H3,(H2,12,13). The zero-order valence-electron chi connectivity index (χ0n) is 9.09. The molecule has 1 aromatic rings. The predicted octanol–water partition coefficient (Wildman–Crippen LogP) is 1.60. The zero-order valence-corrected chi connectivity index (χ0v) is 9.09. The van der Waals surface area contributed by atoms with E-state index in [0.717, 1.165) is 5.56 Å². The minimum Gasteiger partial charge on any atom is -0.408 e. The number of hydrogen-bond donors (Lipinski definition) is 2. The number of hydrogen-bond acceptors (Lipinski definition) is 2. The first-order valence-corrected chi connectivity index (χ1v) is 4.93. The lowest BCUT2D eigenvalue weighted by atomic mass is 10.2. The van der Waals surface area contributed by atoms with Crippen LogP contribution in [0.2, 0.25) is 0 Å². The molecule has 0 amide bonds. The highest BCUT2D eigenvalue weighted by molar-refractivity contribution is 5.77. The van der Waals surface area contributed by atoms with E-state index < -0.39 is 0 Å². The molecule has 0 radical (unpaired) electrons. The third-order valence-corrected chi connectivity index (χ3v) is 2.22. The Morgan fingerprint density at radius 1 is 1.40 bits per heavy atom. The summed E-state index contributed by atoms with van der Waals surface area (Å²) in [6.07, 6.45) is 0. The van der Waals surface area contributed by atoms with Gasteiger partial charge >= 0.3 is 0 Å². The molecule has 0 heterocycles. The van der Waals surface area contributed by atoms with E-state index >= 15 is 0 Å². The number of nitrogens with zero attached hydrogens (tertiary/aromatic N) is 2. The van der Waals surface area contributed by atoms with Gasteiger partial charge in [0.25, 0.3) is 0 Å². The average molecular weight is 207 g/mol. The van der Waals surface area contributed by atoms with Crippen molar-refractivity contribution >= 4 is 5.96 Å². The molecule has 1 rings (SSSR count). The van der Waals surface area contributed by atoms with Crippen molar-refractivity contribution in [2.24, 2.45) is 10.9 Å². The van der Waals surface area contributed by atoms with Gasteiger partial charge in [0.2, 0.25) is 5.96 Å². The molecule has 3 N–H and O–H groups in total. The molecule has 82 valence electrons. The lowest BCUT2D eigenvalue weighted by molar-refractivity contribution is 0.278. The maximum absolute atomic E-state index is 8.65. The summed E-state index contributed by atoms with van der Waals surface area (Å²) in [5, 5.41) is 11.7. The topological polar surface area (TPSA) is 61.8 Å². The van der Waals surface area contributed by atoms with Crippen LogP contribution in [0.4, 0.5) is 0 Å². The van der Waals surface area contributed by atoms with Crippen molar-refractivity contribution in [3.63, 3.8) is 0 Å². The third kappa shape index (κ3) is 3.16. The number of rotatable bonds is 3. The van der Waals surface area contributed by atoms with Gasteiger partial charge in [-0.05, 0) is 19.4 Å². The van der Waals surface area contributed by atoms with Crippen LogP contribution in [0, 0.1) is 0 Å². The van der Waals surface area contributed by atoms with Gasteiger partial charge < -0.3 is 15.8 Å². The summed E-state index contributed by atoms with van der Waals surface area (Å²) in [5.41, 5.74) is 6.73. The van der Waals surface area contributed by atoms with E-state index in [9.17, 15) is 0 Å². The van der Waals surface area contributed by atoms with Crippen molar-refractivity contribution in [3.8, 4) is 0 Å². The van der Waals surface area contributed by atoms with Gasteiger partial charge in [0.15, 0.2) is 0 Å². The lowest BCUT2D eigenvalue weighted by Gasteiger charge is -2.26. The van der Waals surface area contributed by atoms with E-state index in [2.05, 4.69) is 5.16 Å². The molecule has 0 aromatic heterocycles. The van der Waals surface area contributed by atoms with Gasteiger partial charge in [-0.3, -0.25) is 0 Å². The second-order valence-electron chi connectivity index (χ2n) is 3.67. The Morgan fingerprint density at radius 3 is 2.47 bits per heavy atom. The zero-order chi connectivity index (χ0) is 11.3. The highest BCUT2D eigenvalue weighted by Crippen LogP contribution is 2.07. The van der Waals surface area contributed by atoms with Gasteiger partial charge in [-0.15, -0.1) is 0 Å². The van der Waals surface area contributed by atoms with Gasteiger partial charge in [0, 0.05) is 12.6 Å². The normalized spacial score (nSPS) is 11.8. The summed E-state index contributed by atoms with van der Waals surface area (Å²) < 4.78 is 0. The van der Waals surface area contributed by atoms with Gasteiger partial charge in [-0.1, -0.05) is 35.5 Å². The molecular formula is C11H17N3O. The number of guanidine groups is 1. The van der Waals surface area contributed by atoms with Crippen molar-refractivity contribution in [3.05, 3.63) is 35.9 Å². The molecule has 1 aromatic carbocycles. The maximum Gasteiger partial charge on any atom is 0.233 e. The van der Waals surface area contributed by atoms with Crippen molar-refractivity contribution < 1.29 is 5.21 Å². The number of nitrogens with two attached hydrogens (primary N) is 1. The Labute approximate surface area is 90.0 Å². The van der Waals surface area contributed by atoms with Gasteiger partial charge in [0.1, 0.15) is 0 Å². The van der Waals surface area contributed by atoms with Gasteiger partial charge in [0.05, 0.1) is 0 Å². The van der Waals surface area contributed by atoms with Crippen LogP contribution in [-0.4, -0.2) is 22.1 Å². The van der Waals surface area contributed by atoms with E-state index in [1.807, 2.05) is 49.1 Å². The molecular weight excluding hydrogens is 190 g/mol. The first-order valence-electron chi connectivity index (χ1n) is 4.93. The third-order valence-electron chi connectivity index (χ3n) is 2.22. The van der Waals surface area contributed by atoms with Crippen LogP contribution in [0.25, 0.3) is 0 Å². The minimum atomic E-state index is 0.147.